The lowest BCUT2D eigenvalue weighted by Gasteiger charge is -2.04. The van der Waals surface area contributed by atoms with E-state index in [1.807, 2.05) is 6.07 Å². The molecular weight excluding hydrogens is 212 g/mol. The molecular formula is C10H12N2O4. The van der Waals surface area contributed by atoms with Gasteiger partial charge in [-0.25, -0.2) is 4.79 Å². The number of ether oxygens (including phenoxy) is 1. The number of hydrogen-bond acceptors (Lipinski definition) is 4. The first-order valence-corrected chi connectivity index (χ1v) is 4.63. The Kier molecular flexibility index (Phi) is 4.94. The molecule has 0 unspecified atom stereocenters. The largest absolute Gasteiger partial charge is 0.480 e. The van der Waals surface area contributed by atoms with Crippen LogP contribution in [-0.4, -0.2) is 35.2 Å². The topological polar surface area (TPSA) is 88.5 Å². The fourth-order valence-electron chi connectivity index (χ4n) is 0.985. The Balaban J connectivity index is 2.18. The minimum Gasteiger partial charge on any atom is -0.480 e. The Bertz CT molecular complexity index is 353. The monoisotopic (exact) mass is 224 g/mol. The summed E-state index contributed by atoms with van der Waals surface area (Å²) in [5.41, 5.74) is 0.870. The second-order valence-corrected chi connectivity index (χ2v) is 3.02. The smallest absolute Gasteiger partial charge is 0.329 e. The third kappa shape index (κ3) is 5.06. The lowest BCUT2D eigenvalue weighted by molar-refractivity contribution is -0.143. The van der Waals surface area contributed by atoms with Crippen LogP contribution in [0.1, 0.15) is 5.56 Å². The quantitative estimate of drug-likeness (QED) is 0.698. The van der Waals surface area contributed by atoms with Crippen molar-refractivity contribution in [2.24, 2.45) is 0 Å². The summed E-state index contributed by atoms with van der Waals surface area (Å²) >= 11 is 0. The molecule has 1 rings (SSSR count). The van der Waals surface area contributed by atoms with Gasteiger partial charge in [-0.15, -0.1) is 0 Å². The molecule has 0 radical (unpaired) electrons. The Morgan fingerprint density at radius 3 is 2.88 bits per heavy atom. The molecule has 86 valence electrons. The van der Waals surface area contributed by atoms with Gasteiger partial charge >= 0.3 is 5.97 Å². The molecule has 0 saturated carbocycles. The SMILES string of the molecule is O=C(O)COCC(=O)NCc1cccnc1. The molecule has 6 heteroatoms. The van der Waals surface area contributed by atoms with Gasteiger partial charge < -0.3 is 15.2 Å². The summed E-state index contributed by atoms with van der Waals surface area (Å²) in [7, 11) is 0. The summed E-state index contributed by atoms with van der Waals surface area (Å²) in [6, 6.07) is 3.59. The lowest BCUT2D eigenvalue weighted by atomic mass is 10.3. The summed E-state index contributed by atoms with van der Waals surface area (Å²) in [6.45, 7) is -0.379. The number of nitrogens with zero attached hydrogens (tertiary/aromatic N) is 1. The summed E-state index contributed by atoms with van der Waals surface area (Å²) in [5, 5.41) is 10.8. The fourth-order valence-corrected chi connectivity index (χ4v) is 0.985. The summed E-state index contributed by atoms with van der Waals surface area (Å²) in [4.78, 5) is 25.1. The molecule has 0 aliphatic carbocycles. The fraction of sp³-hybridized carbons (Fsp3) is 0.300. The molecule has 0 spiro atoms. The zero-order valence-electron chi connectivity index (χ0n) is 8.55. The third-order valence-corrected chi connectivity index (χ3v) is 1.67. The van der Waals surface area contributed by atoms with Gasteiger partial charge in [-0.1, -0.05) is 6.07 Å². The van der Waals surface area contributed by atoms with Crippen LogP contribution in [-0.2, 0) is 20.9 Å². The van der Waals surface area contributed by atoms with Crippen LogP contribution in [0, 0.1) is 0 Å². The van der Waals surface area contributed by atoms with Crippen LogP contribution in [0.25, 0.3) is 0 Å². The van der Waals surface area contributed by atoms with Crippen molar-refractivity contribution in [3.05, 3.63) is 30.1 Å². The molecule has 1 heterocycles. The Hall–Kier alpha value is -1.95. The minimum atomic E-state index is -1.10. The van der Waals surface area contributed by atoms with Crippen molar-refractivity contribution in [3.8, 4) is 0 Å². The number of carboxylic acids is 1. The second kappa shape index (κ2) is 6.52. The zero-order valence-corrected chi connectivity index (χ0v) is 8.55. The predicted molar refractivity (Wildman–Crippen MR) is 54.5 cm³/mol. The van der Waals surface area contributed by atoms with E-state index in [1.165, 1.54) is 0 Å². The molecule has 16 heavy (non-hydrogen) atoms. The van der Waals surface area contributed by atoms with Gasteiger partial charge in [0.1, 0.15) is 13.2 Å². The molecule has 0 aliphatic rings. The van der Waals surface area contributed by atoms with E-state index in [4.69, 9.17) is 5.11 Å². The van der Waals surface area contributed by atoms with Gasteiger partial charge in [0.25, 0.3) is 0 Å². The standard InChI is InChI=1S/C10H12N2O4/c13-9(6-16-7-10(14)15)12-5-8-2-1-3-11-4-8/h1-4H,5-7H2,(H,12,13)(H,14,15). The molecule has 1 aromatic heterocycles. The normalized spacial score (nSPS) is 9.75. The van der Waals surface area contributed by atoms with Crippen molar-refractivity contribution in [2.75, 3.05) is 13.2 Å². The number of carbonyl (C=O) groups excluding carboxylic acids is 1. The van der Waals surface area contributed by atoms with Crippen molar-refractivity contribution < 1.29 is 19.4 Å². The molecule has 0 saturated heterocycles. The van der Waals surface area contributed by atoms with Crippen LogP contribution in [0.4, 0.5) is 0 Å². The van der Waals surface area contributed by atoms with E-state index in [1.54, 1.807) is 18.5 Å². The number of amides is 1. The number of rotatable bonds is 6. The highest BCUT2D eigenvalue weighted by Crippen LogP contribution is 1.93. The first-order valence-electron chi connectivity index (χ1n) is 4.63. The van der Waals surface area contributed by atoms with Gasteiger partial charge in [-0.3, -0.25) is 9.78 Å². The summed E-state index contributed by atoms with van der Waals surface area (Å²) in [6.07, 6.45) is 3.28. The lowest BCUT2D eigenvalue weighted by Crippen LogP contribution is -2.28. The molecule has 0 aliphatic heterocycles. The number of carboxylic acid groups (broad SMARTS) is 1. The first-order chi connectivity index (χ1) is 7.68. The van der Waals surface area contributed by atoms with Gasteiger partial charge in [0.05, 0.1) is 0 Å². The van der Waals surface area contributed by atoms with Crippen molar-refractivity contribution >= 4 is 11.9 Å². The highest BCUT2D eigenvalue weighted by molar-refractivity contribution is 5.77. The van der Waals surface area contributed by atoms with Crippen LogP contribution < -0.4 is 5.32 Å². The highest BCUT2D eigenvalue weighted by atomic mass is 16.5. The van der Waals surface area contributed by atoms with Gasteiger partial charge in [0.15, 0.2) is 0 Å². The van der Waals surface area contributed by atoms with Gasteiger partial charge in [-0.05, 0) is 11.6 Å². The highest BCUT2D eigenvalue weighted by Gasteiger charge is 2.03. The van der Waals surface area contributed by atoms with E-state index >= 15 is 0 Å². The second-order valence-electron chi connectivity index (χ2n) is 3.02. The zero-order chi connectivity index (χ0) is 11.8. The number of pyridine rings is 1. The first kappa shape index (κ1) is 12.1. The Morgan fingerprint density at radius 2 is 2.25 bits per heavy atom. The number of aliphatic carboxylic acids is 1. The average molecular weight is 224 g/mol. The van der Waals surface area contributed by atoms with Crippen molar-refractivity contribution in [2.45, 2.75) is 6.54 Å². The molecule has 0 atom stereocenters. The molecule has 1 amide bonds. The van der Waals surface area contributed by atoms with Crippen molar-refractivity contribution in [1.29, 1.82) is 0 Å². The van der Waals surface area contributed by atoms with Crippen LogP contribution in [0.5, 0.6) is 0 Å². The molecule has 0 bridgehead atoms. The summed E-state index contributed by atoms with van der Waals surface area (Å²) in [5.74, 6) is -1.45. The van der Waals surface area contributed by atoms with Crippen LogP contribution >= 0.6 is 0 Å². The van der Waals surface area contributed by atoms with Crippen LogP contribution in [0.3, 0.4) is 0 Å². The van der Waals surface area contributed by atoms with Gasteiger partial charge in [0, 0.05) is 18.9 Å². The minimum absolute atomic E-state index is 0.257. The van der Waals surface area contributed by atoms with E-state index in [9.17, 15) is 9.59 Å². The van der Waals surface area contributed by atoms with Gasteiger partial charge in [-0.2, -0.15) is 0 Å². The van der Waals surface area contributed by atoms with Crippen molar-refractivity contribution in [1.82, 2.24) is 10.3 Å². The third-order valence-electron chi connectivity index (χ3n) is 1.67. The van der Waals surface area contributed by atoms with Crippen molar-refractivity contribution in [3.63, 3.8) is 0 Å². The van der Waals surface area contributed by atoms with E-state index in [-0.39, 0.29) is 12.5 Å². The number of hydrogen-bond donors (Lipinski definition) is 2. The molecule has 2 N–H and O–H groups in total. The number of aromatic nitrogens is 1. The number of nitrogens with one attached hydrogen (secondary N) is 1. The van der Waals surface area contributed by atoms with Crippen LogP contribution in [0.2, 0.25) is 0 Å². The number of carbonyl (C=O) groups is 2. The Morgan fingerprint density at radius 1 is 1.44 bits per heavy atom. The average Bonchev–Trinajstić information content (AvgIpc) is 2.27. The Labute approximate surface area is 92.3 Å². The van der Waals surface area contributed by atoms with E-state index in [2.05, 4.69) is 15.0 Å². The maximum absolute atomic E-state index is 11.1. The molecule has 1 aromatic rings. The van der Waals surface area contributed by atoms with Crippen LogP contribution in [0.15, 0.2) is 24.5 Å². The molecule has 0 aromatic carbocycles. The van der Waals surface area contributed by atoms with Gasteiger partial charge in [0.2, 0.25) is 5.91 Å². The molecule has 0 fully saturated rings. The van der Waals surface area contributed by atoms with E-state index in [0.29, 0.717) is 6.54 Å². The maximum Gasteiger partial charge on any atom is 0.329 e. The predicted octanol–water partition coefficient (Wildman–Crippen LogP) is -0.201. The summed E-state index contributed by atoms with van der Waals surface area (Å²) < 4.78 is 4.62. The molecule has 6 nitrogen and oxygen atoms in total. The maximum atomic E-state index is 11.1. The van der Waals surface area contributed by atoms with E-state index in [0.717, 1.165) is 5.56 Å². The van der Waals surface area contributed by atoms with E-state index < -0.39 is 12.6 Å².